The van der Waals surface area contributed by atoms with Gasteiger partial charge in [0.05, 0.1) is 21.3 Å². The zero-order valence-electron chi connectivity index (χ0n) is 13.6. The second-order valence-corrected chi connectivity index (χ2v) is 6.72. The van der Waals surface area contributed by atoms with Crippen LogP contribution in [-0.4, -0.2) is 27.0 Å². The van der Waals surface area contributed by atoms with Crippen molar-refractivity contribution < 1.29 is 14.7 Å². The van der Waals surface area contributed by atoms with Crippen LogP contribution < -0.4 is 5.32 Å². The van der Waals surface area contributed by atoms with E-state index in [1.54, 1.807) is 24.4 Å². The molecule has 0 atom stereocenters. The predicted molar refractivity (Wildman–Crippen MR) is 98.1 cm³/mol. The molecule has 1 amide bonds. The molecule has 126 valence electrons. The molecule has 0 saturated carbocycles. The Hall–Kier alpha value is -3.06. The molecular weight excluding hydrogens is 338 g/mol. The van der Waals surface area contributed by atoms with Crippen molar-refractivity contribution in [2.24, 2.45) is 0 Å². The first kappa shape index (κ1) is 16.8. The summed E-state index contributed by atoms with van der Waals surface area (Å²) >= 11 is 1.23. The van der Waals surface area contributed by atoms with Gasteiger partial charge in [-0.3, -0.25) is 15.1 Å². The third kappa shape index (κ3) is 3.89. The van der Waals surface area contributed by atoms with Crippen molar-refractivity contribution in [1.82, 2.24) is 9.97 Å². The highest BCUT2D eigenvalue weighted by atomic mass is 32.1. The number of hydrogen-bond acceptors (Lipinski definition) is 5. The molecule has 2 N–H and O–H groups in total. The molecule has 2 heterocycles. The number of allylic oxidation sites excluding steroid dienone is 1. The second kappa shape index (κ2) is 6.82. The summed E-state index contributed by atoms with van der Waals surface area (Å²) in [5.74, 6) is -1.31. The molecule has 1 aromatic carbocycles. The largest absolute Gasteiger partial charge is 0.478 e. The Labute approximate surface area is 147 Å². The van der Waals surface area contributed by atoms with Crippen molar-refractivity contribution in [2.45, 2.75) is 13.8 Å². The predicted octanol–water partition coefficient (Wildman–Crippen LogP) is 4.07. The number of aromatic carboxylic acids is 1. The summed E-state index contributed by atoms with van der Waals surface area (Å²) in [5, 5.41) is 12.2. The van der Waals surface area contributed by atoms with Crippen LogP contribution in [0.1, 0.15) is 40.1 Å². The Kier molecular flexibility index (Phi) is 4.58. The first-order chi connectivity index (χ1) is 11.9. The zero-order valence-corrected chi connectivity index (χ0v) is 14.4. The number of anilines is 1. The smallest absolute Gasteiger partial charge is 0.335 e. The van der Waals surface area contributed by atoms with E-state index in [0.717, 1.165) is 11.1 Å². The van der Waals surface area contributed by atoms with Crippen molar-refractivity contribution in [3.63, 3.8) is 0 Å². The van der Waals surface area contributed by atoms with E-state index < -0.39 is 5.97 Å². The van der Waals surface area contributed by atoms with Crippen LogP contribution >= 0.6 is 11.3 Å². The maximum Gasteiger partial charge on any atom is 0.335 e. The summed E-state index contributed by atoms with van der Waals surface area (Å²) in [6, 6.07) is 6.41. The summed E-state index contributed by atoms with van der Waals surface area (Å²) in [6.07, 6.45) is 5.12. The summed E-state index contributed by atoms with van der Waals surface area (Å²) in [6.45, 7) is 3.94. The number of pyridine rings is 1. The quantitative estimate of drug-likeness (QED) is 0.738. The van der Waals surface area contributed by atoms with Gasteiger partial charge >= 0.3 is 5.97 Å². The molecule has 0 unspecified atom stereocenters. The Balaban J connectivity index is 1.84. The first-order valence-corrected chi connectivity index (χ1v) is 8.29. The van der Waals surface area contributed by atoms with Gasteiger partial charge in [0.15, 0.2) is 5.13 Å². The molecule has 2 aromatic heterocycles. The molecule has 3 rings (SSSR count). The Morgan fingerprint density at radius 3 is 2.68 bits per heavy atom. The van der Waals surface area contributed by atoms with Crippen LogP contribution in [0.3, 0.4) is 0 Å². The third-order valence-electron chi connectivity index (χ3n) is 3.33. The van der Waals surface area contributed by atoms with E-state index in [2.05, 4.69) is 15.3 Å². The molecule has 0 radical (unpaired) electrons. The minimum atomic E-state index is -0.997. The third-order valence-corrected chi connectivity index (χ3v) is 4.27. The lowest BCUT2D eigenvalue weighted by molar-refractivity contribution is 0.0697. The molecule has 0 bridgehead atoms. The van der Waals surface area contributed by atoms with Gasteiger partial charge < -0.3 is 5.11 Å². The summed E-state index contributed by atoms with van der Waals surface area (Å²) in [7, 11) is 0. The molecular formula is C18H15N3O3S. The number of carboxylic acid groups (broad SMARTS) is 1. The van der Waals surface area contributed by atoms with E-state index >= 15 is 0 Å². The van der Waals surface area contributed by atoms with Crippen LogP contribution in [-0.2, 0) is 0 Å². The maximum absolute atomic E-state index is 12.4. The van der Waals surface area contributed by atoms with E-state index in [1.165, 1.54) is 23.6 Å². The van der Waals surface area contributed by atoms with Crippen LogP contribution in [0.25, 0.3) is 16.3 Å². The monoisotopic (exact) mass is 353 g/mol. The van der Waals surface area contributed by atoms with Crippen molar-refractivity contribution in [1.29, 1.82) is 0 Å². The molecule has 3 aromatic rings. The van der Waals surface area contributed by atoms with Gasteiger partial charge in [-0.2, -0.15) is 0 Å². The van der Waals surface area contributed by atoms with Crippen molar-refractivity contribution >= 4 is 44.6 Å². The molecule has 0 aliphatic carbocycles. The second-order valence-electron chi connectivity index (χ2n) is 5.69. The number of carbonyl (C=O) groups is 2. The number of nitrogens with zero attached hydrogens (tertiary/aromatic N) is 2. The number of thiazole rings is 1. The fraction of sp³-hybridized carbons (Fsp3) is 0.111. The Morgan fingerprint density at radius 2 is 1.96 bits per heavy atom. The molecule has 0 fully saturated rings. The lowest BCUT2D eigenvalue weighted by Gasteiger charge is -2.02. The van der Waals surface area contributed by atoms with Gasteiger partial charge in [0.1, 0.15) is 0 Å². The molecule has 0 aliphatic heterocycles. The van der Waals surface area contributed by atoms with Gasteiger partial charge in [-0.25, -0.2) is 9.78 Å². The number of amides is 1. The lowest BCUT2D eigenvalue weighted by atomic mass is 10.1. The topological polar surface area (TPSA) is 92.2 Å². The van der Waals surface area contributed by atoms with Gasteiger partial charge in [-0.15, -0.1) is 0 Å². The van der Waals surface area contributed by atoms with Crippen LogP contribution in [0, 0.1) is 0 Å². The van der Waals surface area contributed by atoms with Gasteiger partial charge in [-0.05, 0) is 43.7 Å². The summed E-state index contributed by atoms with van der Waals surface area (Å²) < 4.78 is 0.701. The van der Waals surface area contributed by atoms with Crippen molar-refractivity contribution in [3.05, 3.63) is 58.9 Å². The van der Waals surface area contributed by atoms with Crippen LogP contribution in [0.5, 0.6) is 0 Å². The highest BCUT2D eigenvalue weighted by Gasteiger charge is 2.12. The van der Waals surface area contributed by atoms with E-state index in [4.69, 9.17) is 5.11 Å². The van der Waals surface area contributed by atoms with E-state index in [-0.39, 0.29) is 11.5 Å². The van der Waals surface area contributed by atoms with Crippen LogP contribution in [0.2, 0.25) is 0 Å². The molecule has 0 spiro atoms. The minimum absolute atomic E-state index is 0.188. The Morgan fingerprint density at radius 1 is 1.16 bits per heavy atom. The number of hydrogen-bond donors (Lipinski definition) is 2. The number of rotatable bonds is 4. The number of fused-ring (bicyclic) bond motifs is 1. The lowest BCUT2D eigenvalue weighted by Crippen LogP contribution is -2.12. The number of carboxylic acids is 1. The van der Waals surface area contributed by atoms with E-state index in [9.17, 15) is 9.59 Å². The maximum atomic E-state index is 12.4. The number of nitrogens with one attached hydrogen (secondary N) is 1. The zero-order chi connectivity index (χ0) is 18.0. The minimum Gasteiger partial charge on any atom is -0.478 e. The van der Waals surface area contributed by atoms with E-state index in [1.807, 2.05) is 19.9 Å². The standard InChI is InChI=1S/C18H15N3O3S/c1-10(2)5-11-6-13(9-19-8-11)16(22)21-18-20-14-4-3-12(17(23)24)7-15(14)25-18/h3-9H,1-2H3,(H,23,24)(H,20,21,22). The number of aromatic nitrogens is 2. The normalized spacial score (nSPS) is 10.5. The molecule has 6 nitrogen and oxygen atoms in total. The SMILES string of the molecule is CC(C)=Cc1cncc(C(=O)Nc2nc3ccc(C(=O)O)cc3s2)c1. The molecule has 0 saturated heterocycles. The van der Waals surface area contributed by atoms with Crippen LogP contribution in [0.4, 0.5) is 5.13 Å². The summed E-state index contributed by atoms with van der Waals surface area (Å²) in [5.41, 5.74) is 3.22. The van der Waals surface area contributed by atoms with Gasteiger partial charge in [0.25, 0.3) is 5.91 Å². The van der Waals surface area contributed by atoms with Gasteiger partial charge in [-0.1, -0.05) is 23.0 Å². The fourth-order valence-corrected chi connectivity index (χ4v) is 3.17. The van der Waals surface area contributed by atoms with Gasteiger partial charge in [0.2, 0.25) is 0 Å². The van der Waals surface area contributed by atoms with Crippen LogP contribution in [0.15, 0.2) is 42.2 Å². The molecule has 25 heavy (non-hydrogen) atoms. The van der Waals surface area contributed by atoms with E-state index in [0.29, 0.717) is 20.9 Å². The first-order valence-electron chi connectivity index (χ1n) is 7.47. The van der Waals surface area contributed by atoms with Crippen molar-refractivity contribution in [2.75, 3.05) is 5.32 Å². The van der Waals surface area contributed by atoms with Gasteiger partial charge in [0, 0.05) is 12.4 Å². The average molecular weight is 353 g/mol. The van der Waals surface area contributed by atoms with Crippen molar-refractivity contribution in [3.8, 4) is 0 Å². The average Bonchev–Trinajstić information content (AvgIpc) is 2.95. The number of benzene rings is 1. The highest BCUT2D eigenvalue weighted by molar-refractivity contribution is 7.22. The number of carbonyl (C=O) groups excluding carboxylic acids is 1. The summed E-state index contributed by atoms with van der Waals surface area (Å²) in [4.78, 5) is 31.8. The highest BCUT2D eigenvalue weighted by Crippen LogP contribution is 2.27. The fourth-order valence-electron chi connectivity index (χ4n) is 2.27. The molecule has 7 heteroatoms. The molecule has 0 aliphatic rings. The Bertz CT molecular complexity index is 1000.